The number of hydrogen-bond acceptors (Lipinski definition) is 11. The number of ether oxygens (including phenoxy) is 4. The van der Waals surface area contributed by atoms with Gasteiger partial charge in [-0.1, -0.05) is 13.2 Å². The fourth-order valence-corrected chi connectivity index (χ4v) is 2.03. The summed E-state index contributed by atoms with van der Waals surface area (Å²) in [7, 11) is 0. The SMILES string of the molecule is C=CC(=O)OOC(C)(C)OC(C)(C)OC(=O)OC(C)(C)OC(C)(C)OOC(=O)C=C. The Morgan fingerprint density at radius 1 is 0.600 bits per heavy atom. The second kappa shape index (κ2) is 10.5. The normalized spacial score (nSPS) is 12.5. The number of carbonyl (C=O) groups excluding carboxylic acids is 3. The predicted octanol–water partition coefficient (Wildman–Crippen LogP) is 3.44. The number of rotatable bonds is 12. The summed E-state index contributed by atoms with van der Waals surface area (Å²) in [6.07, 6.45) is 0.657. The summed E-state index contributed by atoms with van der Waals surface area (Å²) in [6.45, 7) is 17.8. The molecule has 30 heavy (non-hydrogen) atoms. The molecule has 0 aliphatic rings. The van der Waals surface area contributed by atoms with E-state index in [0.717, 1.165) is 12.2 Å². The maximum absolute atomic E-state index is 12.2. The Kier molecular flexibility index (Phi) is 9.66. The van der Waals surface area contributed by atoms with E-state index in [0.29, 0.717) is 0 Å². The molecule has 172 valence electrons. The Hall–Kier alpha value is -2.47. The van der Waals surface area contributed by atoms with Crippen LogP contribution in [0.4, 0.5) is 4.79 Å². The van der Waals surface area contributed by atoms with Crippen molar-refractivity contribution in [2.45, 2.75) is 78.5 Å². The highest BCUT2D eigenvalue weighted by atomic mass is 17.2. The Labute approximate surface area is 175 Å². The molecule has 0 aromatic heterocycles. The van der Waals surface area contributed by atoms with Crippen LogP contribution in [0.1, 0.15) is 55.4 Å². The zero-order valence-corrected chi connectivity index (χ0v) is 18.6. The van der Waals surface area contributed by atoms with Crippen molar-refractivity contribution in [3.05, 3.63) is 25.3 Å². The topological polar surface area (TPSA) is 125 Å². The molecule has 0 spiro atoms. The summed E-state index contributed by atoms with van der Waals surface area (Å²) in [5, 5.41) is 0. The van der Waals surface area contributed by atoms with Crippen molar-refractivity contribution in [2.75, 3.05) is 0 Å². The molecule has 0 heterocycles. The van der Waals surface area contributed by atoms with Crippen LogP contribution < -0.4 is 0 Å². The van der Waals surface area contributed by atoms with E-state index in [9.17, 15) is 14.4 Å². The molecule has 0 aliphatic carbocycles. The van der Waals surface area contributed by atoms with Gasteiger partial charge in [0.2, 0.25) is 23.1 Å². The lowest BCUT2D eigenvalue weighted by atomic mass is 10.3. The van der Waals surface area contributed by atoms with E-state index in [1.54, 1.807) is 0 Å². The van der Waals surface area contributed by atoms with Gasteiger partial charge >= 0.3 is 18.1 Å². The first kappa shape index (κ1) is 27.5. The van der Waals surface area contributed by atoms with Gasteiger partial charge in [0.05, 0.1) is 0 Å². The molecule has 0 amide bonds. The fraction of sp³-hybridized carbons (Fsp3) is 0.632. The third-order valence-corrected chi connectivity index (χ3v) is 2.62. The first-order valence-electron chi connectivity index (χ1n) is 8.79. The Bertz CT molecular complexity index is 593. The van der Waals surface area contributed by atoms with Gasteiger partial charge in [0.25, 0.3) is 0 Å². The highest BCUT2D eigenvalue weighted by molar-refractivity contribution is 5.80. The molecule has 0 aromatic rings. The van der Waals surface area contributed by atoms with Gasteiger partial charge in [0.1, 0.15) is 0 Å². The highest BCUT2D eigenvalue weighted by Gasteiger charge is 2.39. The van der Waals surface area contributed by atoms with E-state index in [4.69, 9.17) is 28.7 Å². The minimum Gasteiger partial charge on any atom is -0.402 e. The lowest BCUT2D eigenvalue weighted by Crippen LogP contribution is -2.45. The molecule has 11 heteroatoms. The zero-order valence-electron chi connectivity index (χ0n) is 18.6. The van der Waals surface area contributed by atoms with E-state index < -0.39 is 41.2 Å². The van der Waals surface area contributed by atoms with Crippen LogP contribution in [0.25, 0.3) is 0 Å². The monoisotopic (exact) mass is 434 g/mol. The number of hydrogen-bond donors (Lipinski definition) is 0. The van der Waals surface area contributed by atoms with Crippen LogP contribution in [0.5, 0.6) is 0 Å². The van der Waals surface area contributed by atoms with Gasteiger partial charge in [-0.05, 0) is 27.7 Å². The molecule has 0 saturated carbocycles. The second-order valence-corrected chi connectivity index (χ2v) is 7.64. The van der Waals surface area contributed by atoms with Gasteiger partial charge in [-0.2, -0.15) is 0 Å². The predicted molar refractivity (Wildman–Crippen MR) is 101 cm³/mol. The quantitative estimate of drug-likeness (QED) is 0.147. The van der Waals surface area contributed by atoms with E-state index in [1.807, 2.05) is 0 Å². The van der Waals surface area contributed by atoms with Crippen LogP contribution in [-0.2, 0) is 48.1 Å². The third-order valence-electron chi connectivity index (χ3n) is 2.62. The van der Waals surface area contributed by atoms with Gasteiger partial charge < -0.3 is 18.9 Å². The van der Waals surface area contributed by atoms with Crippen molar-refractivity contribution in [1.29, 1.82) is 0 Å². The molecule has 0 saturated heterocycles. The Morgan fingerprint density at radius 3 is 1.17 bits per heavy atom. The minimum atomic E-state index is -1.55. The average Bonchev–Trinajstić information content (AvgIpc) is 2.54. The van der Waals surface area contributed by atoms with Crippen molar-refractivity contribution in [3.63, 3.8) is 0 Å². The Balaban J connectivity index is 4.82. The van der Waals surface area contributed by atoms with Crippen molar-refractivity contribution in [1.82, 2.24) is 0 Å². The summed E-state index contributed by atoms with van der Waals surface area (Å²) in [4.78, 5) is 53.0. The van der Waals surface area contributed by atoms with Crippen LogP contribution in [0.15, 0.2) is 25.3 Å². The van der Waals surface area contributed by atoms with Crippen LogP contribution in [0.2, 0.25) is 0 Å². The van der Waals surface area contributed by atoms with Crippen LogP contribution in [0.3, 0.4) is 0 Å². The van der Waals surface area contributed by atoms with Gasteiger partial charge in [-0.15, -0.1) is 9.78 Å². The van der Waals surface area contributed by atoms with Crippen molar-refractivity contribution in [2.24, 2.45) is 0 Å². The summed E-state index contributed by atoms with van der Waals surface area (Å²) in [6, 6.07) is 0. The molecule has 0 aliphatic heterocycles. The van der Waals surface area contributed by atoms with Gasteiger partial charge in [0, 0.05) is 39.8 Å². The van der Waals surface area contributed by atoms with Crippen molar-refractivity contribution >= 4 is 18.1 Å². The van der Waals surface area contributed by atoms with Gasteiger partial charge in [0.15, 0.2) is 0 Å². The van der Waals surface area contributed by atoms with Crippen LogP contribution in [-0.4, -0.2) is 41.2 Å². The summed E-state index contributed by atoms with van der Waals surface area (Å²) in [5.41, 5.74) is 0. The highest BCUT2D eigenvalue weighted by Crippen LogP contribution is 2.27. The maximum Gasteiger partial charge on any atom is 0.513 e. The van der Waals surface area contributed by atoms with Crippen LogP contribution in [0, 0.1) is 0 Å². The molecule has 0 aromatic carbocycles. The van der Waals surface area contributed by atoms with E-state index in [1.165, 1.54) is 55.4 Å². The molecule has 0 fully saturated rings. The second-order valence-electron chi connectivity index (χ2n) is 7.64. The minimum absolute atomic E-state index is 0.827. The largest absolute Gasteiger partial charge is 0.513 e. The van der Waals surface area contributed by atoms with Gasteiger partial charge in [-0.25, -0.2) is 14.4 Å². The van der Waals surface area contributed by atoms with Crippen LogP contribution >= 0.6 is 0 Å². The first-order chi connectivity index (χ1) is 13.4. The summed E-state index contributed by atoms with van der Waals surface area (Å²) in [5.74, 6) is -7.70. The van der Waals surface area contributed by atoms with E-state index in [-0.39, 0.29) is 0 Å². The lowest BCUT2D eigenvalue weighted by Gasteiger charge is -2.35. The molecule has 0 rings (SSSR count). The number of carbonyl (C=O) groups is 3. The Morgan fingerprint density at radius 2 is 0.900 bits per heavy atom. The molecule has 0 atom stereocenters. The first-order valence-corrected chi connectivity index (χ1v) is 8.79. The molecule has 0 radical (unpaired) electrons. The van der Waals surface area contributed by atoms with Crippen molar-refractivity contribution in [3.8, 4) is 0 Å². The molecule has 11 nitrogen and oxygen atoms in total. The molecule has 0 unspecified atom stereocenters. The standard InChI is InChI=1S/C19H30O11/c1-11-13(20)25-29-18(7,8)27-16(3,4)23-15(22)24-17(5,6)28-19(9,10)30-26-14(21)12-2/h11-12H,1-2H2,3-10H3. The van der Waals surface area contributed by atoms with E-state index >= 15 is 0 Å². The van der Waals surface area contributed by atoms with Crippen molar-refractivity contribution < 1.29 is 52.9 Å². The smallest absolute Gasteiger partial charge is 0.402 e. The lowest BCUT2D eigenvalue weighted by molar-refractivity contribution is -0.434. The summed E-state index contributed by atoms with van der Waals surface area (Å²) < 4.78 is 21.2. The fourth-order valence-electron chi connectivity index (χ4n) is 2.03. The molecule has 0 N–H and O–H groups in total. The molecular weight excluding hydrogens is 404 g/mol. The molecular formula is C19H30O11. The zero-order chi connectivity index (χ0) is 23.8. The van der Waals surface area contributed by atoms with Gasteiger partial charge in [-0.3, -0.25) is 9.78 Å². The molecule has 0 bridgehead atoms. The van der Waals surface area contributed by atoms with E-state index in [2.05, 4.69) is 22.9 Å². The average molecular weight is 434 g/mol. The summed E-state index contributed by atoms with van der Waals surface area (Å²) >= 11 is 0. The third kappa shape index (κ3) is 12.2. The maximum atomic E-state index is 12.2.